The van der Waals surface area contributed by atoms with Gasteiger partial charge in [0.1, 0.15) is 6.61 Å². The molecule has 0 atom stereocenters. The predicted molar refractivity (Wildman–Crippen MR) is 32.7 cm³/mol. The molecule has 0 heterocycles. The zero-order valence-electron chi connectivity index (χ0n) is 3.76. The van der Waals surface area contributed by atoms with E-state index in [0.29, 0.717) is 0 Å². The molecule has 3 nitrogen and oxygen atoms in total. The van der Waals surface area contributed by atoms with Crippen molar-refractivity contribution < 1.29 is 14.6 Å². The summed E-state index contributed by atoms with van der Waals surface area (Å²) >= 11 is 0. The molecule has 44 valence electrons. The molecule has 8 heavy (non-hydrogen) atoms. The number of ether oxygens (including phenoxy) is 1. The van der Waals surface area contributed by atoms with Gasteiger partial charge in [0.05, 0.1) is 0 Å². The van der Waals surface area contributed by atoms with Crippen LogP contribution in [0.2, 0.25) is 0 Å². The van der Waals surface area contributed by atoms with Gasteiger partial charge < -0.3 is 9.84 Å². The number of hydrogen-bond acceptors (Lipinski definition) is 2. The van der Waals surface area contributed by atoms with Crippen LogP contribution in [0.1, 0.15) is 0 Å². The normalized spacial score (nSPS) is 6.50. The molecule has 0 radical (unpaired) electrons. The second kappa shape index (κ2) is 7.27. The first-order valence-corrected chi connectivity index (χ1v) is 1.74. The van der Waals surface area contributed by atoms with E-state index in [1.54, 1.807) is 0 Å². The van der Waals surface area contributed by atoms with Gasteiger partial charge in [-0.05, 0) is 0 Å². The minimum absolute atomic E-state index is 0. The molecule has 0 aliphatic heterocycles. The molecule has 0 aromatic rings. The third-order valence-corrected chi connectivity index (χ3v) is 0.325. The number of carboxylic acid groups (broad SMARTS) is 1. The molecular weight excluding hydrogens is 136 g/mol. The summed E-state index contributed by atoms with van der Waals surface area (Å²) in [4.78, 5) is 9.49. The summed E-state index contributed by atoms with van der Waals surface area (Å²) in [5, 5.41) is 7.77. The van der Waals surface area contributed by atoms with Crippen molar-refractivity contribution in [2.45, 2.75) is 0 Å². The number of hydrogen-bond donors (Lipinski definition) is 1. The van der Waals surface area contributed by atoms with E-state index in [2.05, 4.69) is 11.3 Å². The zero-order valence-corrected chi connectivity index (χ0v) is 3.76. The summed E-state index contributed by atoms with van der Waals surface area (Å²) in [5.41, 5.74) is 0. The van der Waals surface area contributed by atoms with Gasteiger partial charge in [-0.1, -0.05) is 12.7 Å². The van der Waals surface area contributed by atoms with Gasteiger partial charge in [0, 0.05) is 0 Å². The predicted octanol–water partition coefficient (Wildman–Crippen LogP) is -0.0492. The molecule has 0 rings (SSSR count). The van der Waals surface area contributed by atoms with E-state index in [9.17, 15) is 4.79 Å². The molecule has 0 spiro atoms. The first-order chi connectivity index (χ1) is 3.27. The summed E-state index contributed by atoms with van der Waals surface area (Å²) in [6, 6.07) is 0. The summed E-state index contributed by atoms with van der Waals surface area (Å²) in [7, 11) is 0. The van der Waals surface area contributed by atoms with Gasteiger partial charge in [-0.15, -0.1) is 0 Å². The third-order valence-electron chi connectivity index (χ3n) is 0.325. The first kappa shape index (κ1) is 11.1. The molecule has 0 bridgehead atoms. The van der Waals surface area contributed by atoms with Gasteiger partial charge in [-0.3, -0.25) is 0 Å². The van der Waals surface area contributed by atoms with E-state index in [-0.39, 0.29) is 44.3 Å². The monoisotopic (exact) mass is 144 g/mol. The summed E-state index contributed by atoms with van der Waals surface area (Å²) in [6.45, 7) is 3.31. The maximum atomic E-state index is 9.49. The molecule has 0 aliphatic carbocycles. The molecule has 0 aromatic carbocycles. The second-order valence-electron chi connectivity index (χ2n) is 0.866. The number of carbonyl (C=O) groups is 1. The van der Waals surface area contributed by atoms with Crippen LogP contribution < -0.4 is 0 Å². The van der Waals surface area contributed by atoms with Crippen LogP contribution in [0.5, 0.6) is 0 Å². The van der Waals surface area contributed by atoms with Gasteiger partial charge in [0.15, 0.2) is 0 Å². The fourth-order valence-corrected chi connectivity index (χ4v) is 0.130. The molecule has 0 aliphatic rings. The van der Waals surface area contributed by atoms with Crippen molar-refractivity contribution in [3.63, 3.8) is 0 Å². The van der Waals surface area contributed by atoms with E-state index >= 15 is 0 Å². The fourth-order valence-electron chi connectivity index (χ4n) is 0.130. The molecule has 0 fully saturated rings. The zero-order chi connectivity index (χ0) is 5.70. The standard InChI is InChI=1S/C4H6O3.Ca.2H/c1-2-3-7-4(5)6;;;/h2H,1,3H2,(H,5,6);;;. The van der Waals surface area contributed by atoms with E-state index in [1.807, 2.05) is 0 Å². The van der Waals surface area contributed by atoms with Crippen LogP contribution in [0.3, 0.4) is 0 Å². The van der Waals surface area contributed by atoms with E-state index < -0.39 is 6.16 Å². The number of rotatable bonds is 2. The van der Waals surface area contributed by atoms with Gasteiger partial charge in [-0.25, -0.2) is 4.79 Å². The van der Waals surface area contributed by atoms with Crippen LogP contribution in [0.25, 0.3) is 0 Å². The average Bonchev–Trinajstić information content (AvgIpc) is 1.61. The summed E-state index contributed by atoms with van der Waals surface area (Å²) in [5.74, 6) is 0. The van der Waals surface area contributed by atoms with E-state index in [0.717, 1.165) is 0 Å². The Balaban J connectivity index is 0. The quantitative estimate of drug-likeness (QED) is 0.336. The van der Waals surface area contributed by atoms with Crippen molar-refractivity contribution in [2.75, 3.05) is 6.61 Å². The van der Waals surface area contributed by atoms with E-state index in [4.69, 9.17) is 5.11 Å². The SMILES string of the molecule is C=CCOC(=O)O.[CaH2]. The second-order valence-corrected chi connectivity index (χ2v) is 0.866. The Bertz CT molecular complexity index is 81.4. The van der Waals surface area contributed by atoms with Crippen molar-refractivity contribution in [3.8, 4) is 0 Å². The van der Waals surface area contributed by atoms with Gasteiger partial charge in [-0.2, -0.15) is 0 Å². The molecule has 0 aromatic heterocycles. The van der Waals surface area contributed by atoms with Crippen LogP contribution in [-0.4, -0.2) is 55.6 Å². The Labute approximate surface area is 77.3 Å². The van der Waals surface area contributed by atoms with Crippen LogP contribution in [0, 0.1) is 0 Å². The van der Waals surface area contributed by atoms with Crippen molar-refractivity contribution >= 4 is 43.9 Å². The Morgan fingerprint density at radius 2 is 2.38 bits per heavy atom. The van der Waals surface area contributed by atoms with Gasteiger partial charge >= 0.3 is 43.9 Å². The molecule has 0 saturated carbocycles. The molecular formula is C4H8CaO3. The van der Waals surface area contributed by atoms with Crippen molar-refractivity contribution in [2.24, 2.45) is 0 Å². The Kier molecular flexibility index (Phi) is 10.1. The molecule has 4 heteroatoms. The maximum absolute atomic E-state index is 9.49. The van der Waals surface area contributed by atoms with Crippen molar-refractivity contribution in [3.05, 3.63) is 12.7 Å². The van der Waals surface area contributed by atoms with Crippen LogP contribution >= 0.6 is 0 Å². The van der Waals surface area contributed by atoms with E-state index in [1.165, 1.54) is 6.08 Å². The van der Waals surface area contributed by atoms with Crippen molar-refractivity contribution in [1.82, 2.24) is 0 Å². The summed E-state index contributed by atoms with van der Waals surface area (Å²) in [6.07, 6.45) is 0.105. The Hall–Kier alpha value is 0.270. The van der Waals surface area contributed by atoms with Crippen LogP contribution in [-0.2, 0) is 4.74 Å². The van der Waals surface area contributed by atoms with Crippen LogP contribution in [0.4, 0.5) is 4.79 Å². The van der Waals surface area contributed by atoms with Gasteiger partial charge in [0.2, 0.25) is 0 Å². The average molecular weight is 144 g/mol. The van der Waals surface area contributed by atoms with Crippen LogP contribution in [0.15, 0.2) is 12.7 Å². The molecule has 1 N–H and O–H groups in total. The third kappa shape index (κ3) is 9.55. The molecule has 0 saturated heterocycles. The molecule has 0 unspecified atom stereocenters. The Morgan fingerprint density at radius 3 is 2.50 bits per heavy atom. The molecule has 0 amide bonds. The topological polar surface area (TPSA) is 46.5 Å². The minimum atomic E-state index is -1.26. The first-order valence-electron chi connectivity index (χ1n) is 1.74. The van der Waals surface area contributed by atoms with Gasteiger partial charge in [0.25, 0.3) is 0 Å². The fraction of sp³-hybridized carbons (Fsp3) is 0.250. The summed E-state index contributed by atoms with van der Waals surface area (Å²) < 4.78 is 3.99. The van der Waals surface area contributed by atoms with Crippen molar-refractivity contribution in [1.29, 1.82) is 0 Å². The Morgan fingerprint density at radius 1 is 1.88 bits per heavy atom.